The van der Waals surface area contributed by atoms with E-state index >= 15 is 0 Å². The molecule has 0 saturated heterocycles. The number of carbonyl (C=O) groups excluding carboxylic acids is 2. The first-order valence-corrected chi connectivity index (χ1v) is 8.51. The zero-order valence-corrected chi connectivity index (χ0v) is 14.2. The highest BCUT2D eigenvalue weighted by Gasteiger charge is 2.28. The molecule has 25 heavy (non-hydrogen) atoms. The first kappa shape index (κ1) is 17.0. The summed E-state index contributed by atoms with van der Waals surface area (Å²) < 4.78 is 5.59. The van der Waals surface area contributed by atoms with Gasteiger partial charge in [0.25, 0.3) is 11.8 Å². The van der Waals surface area contributed by atoms with Crippen molar-refractivity contribution in [2.24, 2.45) is 5.92 Å². The number of benzene rings is 2. The maximum atomic E-state index is 12.5. The third kappa shape index (κ3) is 4.83. The van der Waals surface area contributed by atoms with Crippen LogP contribution in [0.1, 0.15) is 30.1 Å². The smallest absolute Gasteiger partial charge is 0.259 e. The molecule has 0 radical (unpaired) electrons. The molecule has 2 aromatic carbocycles. The second-order valence-electron chi connectivity index (χ2n) is 6.30. The van der Waals surface area contributed by atoms with E-state index in [0.717, 1.165) is 0 Å². The summed E-state index contributed by atoms with van der Waals surface area (Å²) in [6.45, 7) is 1.91. The number of amides is 2. The van der Waals surface area contributed by atoms with Crippen LogP contribution in [0, 0.1) is 5.92 Å². The minimum absolute atomic E-state index is 0.104. The monoisotopic (exact) mass is 338 g/mol. The second kappa shape index (κ2) is 7.83. The lowest BCUT2D eigenvalue weighted by molar-refractivity contribution is -0.123. The van der Waals surface area contributed by atoms with Crippen molar-refractivity contribution < 1.29 is 14.3 Å². The highest BCUT2D eigenvalue weighted by molar-refractivity contribution is 6.06. The maximum Gasteiger partial charge on any atom is 0.259 e. The second-order valence-corrected chi connectivity index (χ2v) is 6.30. The van der Waals surface area contributed by atoms with Gasteiger partial charge in [-0.3, -0.25) is 9.59 Å². The van der Waals surface area contributed by atoms with Crippen molar-refractivity contribution in [1.82, 2.24) is 5.32 Å². The molecular formula is C20H22N2O3. The van der Waals surface area contributed by atoms with Crippen LogP contribution in [0.5, 0.6) is 5.75 Å². The molecule has 130 valence electrons. The van der Waals surface area contributed by atoms with Crippen LogP contribution in [0.25, 0.3) is 0 Å². The summed E-state index contributed by atoms with van der Waals surface area (Å²) in [5, 5.41) is 5.76. The summed E-state index contributed by atoms with van der Waals surface area (Å²) in [4.78, 5) is 24.5. The van der Waals surface area contributed by atoms with E-state index in [1.54, 1.807) is 24.3 Å². The average molecular weight is 338 g/mol. The number of hydrogen-bond donors (Lipinski definition) is 2. The van der Waals surface area contributed by atoms with E-state index in [1.165, 1.54) is 12.8 Å². The number of hydrogen-bond acceptors (Lipinski definition) is 3. The molecule has 1 atom stereocenters. The minimum Gasteiger partial charge on any atom is -0.483 e. The number of carbonyl (C=O) groups is 2. The van der Waals surface area contributed by atoms with Crippen LogP contribution in [0.2, 0.25) is 0 Å². The Labute approximate surface area is 147 Å². The average Bonchev–Trinajstić information content (AvgIpc) is 3.46. The van der Waals surface area contributed by atoms with Gasteiger partial charge in [-0.25, -0.2) is 0 Å². The molecule has 0 bridgehead atoms. The molecule has 3 rings (SSSR count). The Hall–Kier alpha value is -2.82. The Bertz CT molecular complexity index is 742. The normalized spacial score (nSPS) is 14.4. The molecule has 0 aliphatic heterocycles. The SMILES string of the molecule is C[C@@H](NC(=O)COc1ccccc1C(=O)Nc1ccccc1)C1CC1. The van der Waals surface area contributed by atoms with Crippen LogP contribution < -0.4 is 15.4 Å². The molecule has 1 saturated carbocycles. The van der Waals surface area contributed by atoms with E-state index in [4.69, 9.17) is 4.74 Å². The van der Waals surface area contributed by atoms with Crippen LogP contribution in [0.4, 0.5) is 5.69 Å². The third-order valence-electron chi connectivity index (χ3n) is 4.24. The van der Waals surface area contributed by atoms with E-state index in [9.17, 15) is 9.59 Å². The summed E-state index contributed by atoms with van der Waals surface area (Å²) in [6.07, 6.45) is 2.34. The molecule has 2 amide bonds. The fourth-order valence-corrected chi connectivity index (χ4v) is 2.65. The quantitative estimate of drug-likeness (QED) is 0.814. The van der Waals surface area contributed by atoms with Crippen LogP contribution in [-0.2, 0) is 4.79 Å². The summed E-state index contributed by atoms with van der Waals surface area (Å²) in [5.41, 5.74) is 1.10. The van der Waals surface area contributed by atoms with Crippen molar-refractivity contribution in [1.29, 1.82) is 0 Å². The highest BCUT2D eigenvalue weighted by Crippen LogP contribution is 2.32. The Morgan fingerprint density at radius 2 is 1.76 bits per heavy atom. The van der Waals surface area contributed by atoms with Gasteiger partial charge in [0.05, 0.1) is 5.56 Å². The number of anilines is 1. The minimum atomic E-state index is -0.270. The van der Waals surface area contributed by atoms with Crippen molar-refractivity contribution in [2.45, 2.75) is 25.8 Å². The molecule has 1 aliphatic rings. The van der Waals surface area contributed by atoms with Crippen molar-refractivity contribution in [3.63, 3.8) is 0 Å². The van der Waals surface area contributed by atoms with Gasteiger partial charge in [-0.2, -0.15) is 0 Å². The van der Waals surface area contributed by atoms with E-state index in [0.29, 0.717) is 22.9 Å². The van der Waals surface area contributed by atoms with Crippen molar-refractivity contribution >= 4 is 17.5 Å². The van der Waals surface area contributed by atoms with Gasteiger partial charge in [0.15, 0.2) is 6.61 Å². The zero-order valence-electron chi connectivity index (χ0n) is 14.2. The van der Waals surface area contributed by atoms with E-state index in [1.807, 2.05) is 37.3 Å². The number of ether oxygens (including phenoxy) is 1. The Kier molecular flexibility index (Phi) is 5.33. The molecule has 5 nitrogen and oxygen atoms in total. The van der Waals surface area contributed by atoms with Crippen LogP contribution in [-0.4, -0.2) is 24.5 Å². The fourth-order valence-electron chi connectivity index (χ4n) is 2.65. The van der Waals surface area contributed by atoms with Gasteiger partial charge < -0.3 is 15.4 Å². The molecule has 2 N–H and O–H groups in total. The summed E-state index contributed by atoms with van der Waals surface area (Å²) in [5.74, 6) is 0.546. The topological polar surface area (TPSA) is 67.4 Å². The molecule has 0 heterocycles. The molecule has 0 unspecified atom stereocenters. The van der Waals surface area contributed by atoms with Gasteiger partial charge in [0, 0.05) is 11.7 Å². The summed E-state index contributed by atoms with van der Waals surface area (Å²) in [6, 6.07) is 16.3. The maximum absolute atomic E-state index is 12.5. The van der Waals surface area contributed by atoms with Crippen LogP contribution >= 0.6 is 0 Å². The van der Waals surface area contributed by atoms with Gasteiger partial charge in [0.2, 0.25) is 0 Å². The number of para-hydroxylation sites is 2. The summed E-state index contributed by atoms with van der Waals surface area (Å²) >= 11 is 0. The van der Waals surface area contributed by atoms with Crippen LogP contribution in [0.15, 0.2) is 54.6 Å². The van der Waals surface area contributed by atoms with Gasteiger partial charge in [0.1, 0.15) is 5.75 Å². The van der Waals surface area contributed by atoms with Crippen LogP contribution in [0.3, 0.4) is 0 Å². The standard InChI is InChI=1S/C20H22N2O3/c1-14(15-11-12-15)21-19(23)13-25-18-10-6-5-9-17(18)20(24)22-16-7-3-2-4-8-16/h2-10,14-15H,11-13H2,1H3,(H,21,23)(H,22,24)/t14-/m1/s1. The highest BCUT2D eigenvalue weighted by atomic mass is 16.5. The fraction of sp³-hybridized carbons (Fsp3) is 0.300. The number of rotatable bonds is 7. The molecule has 1 aliphatic carbocycles. The Morgan fingerprint density at radius 1 is 1.08 bits per heavy atom. The predicted molar refractivity (Wildman–Crippen MR) is 96.7 cm³/mol. The molecule has 0 spiro atoms. The predicted octanol–water partition coefficient (Wildman–Crippen LogP) is 3.23. The van der Waals surface area contributed by atoms with Gasteiger partial charge >= 0.3 is 0 Å². The van der Waals surface area contributed by atoms with Gasteiger partial charge in [-0.15, -0.1) is 0 Å². The van der Waals surface area contributed by atoms with E-state index in [-0.39, 0.29) is 24.5 Å². The lowest BCUT2D eigenvalue weighted by atomic mass is 10.2. The third-order valence-corrected chi connectivity index (χ3v) is 4.24. The van der Waals surface area contributed by atoms with E-state index in [2.05, 4.69) is 10.6 Å². The first-order chi connectivity index (χ1) is 12.1. The molecule has 0 aromatic heterocycles. The molecule has 1 fully saturated rings. The lowest BCUT2D eigenvalue weighted by Crippen LogP contribution is -2.37. The lowest BCUT2D eigenvalue weighted by Gasteiger charge is -2.14. The van der Waals surface area contributed by atoms with Crippen molar-refractivity contribution in [2.75, 3.05) is 11.9 Å². The Morgan fingerprint density at radius 3 is 2.48 bits per heavy atom. The van der Waals surface area contributed by atoms with Gasteiger partial charge in [-0.1, -0.05) is 30.3 Å². The zero-order chi connectivity index (χ0) is 17.6. The number of nitrogens with one attached hydrogen (secondary N) is 2. The van der Waals surface area contributed by atoms with E-state index < -0.39 is 0 Å². The molecular weight excluding hydrogens is 316 g/mol. The molecule has 5 heteroatoms. The first-order valence-electron chi connectivity index (χ1n) is 8.51. The molecule has 2 aromatic rings. The Balaban J connectivity index is 1.60. The van der Waals surface area contributed by atoms with Crippen molar-refractivity contribution in [3.05, 3.63) is 60.2 Å². The van der Waals surface area contributed by atoms with Crippen molar-refractivity contribution in [3.8, 4) is 5.75 Å². The van der Waals surface area contributed by atoms with Gasteiger partial charge in [-0.05, 0) is 49.9 Å². The summed E-state index contributed by atoms with van der Waals surface area (Å²) in [7, 11) is 0. The largest absolute Gasteiger partial charge is 0.483 e.